The standard InChI is InChI=1S/C11H15N3O3/c1-11(5-2-6-17-11)7-12-9-4-3-8(10(15)16)13-14-9/h3-4H,2,5-7H2,1H3,(H,12,14)(H,15,16). The van der Waals surface area contributed by atoms with Crippen molar-refractivity contribution in [2.24, 2.45) is 0 Å². The third kappa shape index (κ3) is 2.91. The molecule has 1 unspecified atom stereocenters. The fourth-order valence-corrected chi connectivity index (χ4v) is 1.79. The minimum Gasteiger partial charge on any atom is -0.476 e. The summed E-state index contributed by atoms with van der Waals surface area (Å²) in [6.45, 7) is 3.49. The molecule has 0 radical (unpaired) electrons. The van der Waals surface area contributed by atoms with Crippen LogP contribution in [0.2, 0.25) is 0 Å². The fraction of sp³-hybridized carbons (Fsp3) is 0.545. The van der Waals surface area contributed by atoms with E-state index in [9.17, 15) is 4.79 Å². The normalized spacial score (nSPS) is 23.6. The summed E-state index contributed by atoms with van der Waals surface area (Å²) in [6, 6.07) is 3.03. The Kier molecular flexibility index (Phi) is 3.23. The van der Waals surface area contributed by atoms with Gasteiger partial charge in [-0.15, -0.1) is 10.2 Å². The minimum absolute atomic E-state index is 0.0566. The van der Waals surface area contributed by atoms with Gasteiger partial charge in [0.15, 0.2) is 5.69 Å². The summed E-state index contributed by atoms with van der Waals surface area (Å²) < 4.78 is 5.62. The summed E-state index contributed by atoms with van der Waals surface area (Å²) in [5.74, 6) is -0.512. The Labute approximate surface area is 99.0 Å². The van der Waals surface area contributed by atoms with E-state index in [1.807, 2.05) is 6.92 Å². The van der Waals surface area contributed by atoms with Crippen molar-refractivity contribution in [3.8, 4) is 0 Å². The first-order valence-corrected chi connectivity index (χ1v) is 5.54. The van der Waals surface area contributed by atoms with Crippen molar-refractivity contribution in [3.63, 3.8) is 0 Å². The first kappa shape index (κ1) is 11.8. The Balaban J connectivity index is 1.93. The maximum atomic E-state index is 10.6. The first-order chi connectivity index (χ1) is 8.09. The smallest absolute Gasteiger partial charge is 0.356 e. The second-order valence-corrected chi connectivity index (χ2v) is 4.36. The molecule has 1 aromatic heterocycles. The van der Waals surface area contributed by atoms with Crippen LogP contribution >= 0.6 is 0 Å². The molecule has 0 amide bonds. The SMILES string of the molecule is CC1(CNc2ccc(C(=O)O)nn2)CCCO1. The molecule has 0 aromatic carbocycles. The number of rotatable bonds is 4. The molecule has 2 N–H and O–H groups in total. The lowest BCUT2D eigenvalue weighted by molar-refractivity contribution is 0.0314. The van der Waals surface area contributed by atoms with Crippen LogP contribution in [0.3, 0.4) is 0 Å². The van der Waals surface area contributed by atoms with Gasteiger partial charge in [0.05, 0.1) is 5.60 Å². The maximum absolute atomic E-state index is 10.6. The topological polar surface area (TPSA) is 84.3 Å². The van der Waals surface area contributed by atoms with Crippen molar-refractivity contribution in [3.05, 3.63) is 17.8 Å². The Hall–Kier alpha value is -1.69. The van der Waals surface area contributed by atoms with Gasteiger partial charge in [-0.3, -0.25) is 0 Å². The number of anilines is 1. The third-order valence-electron chi connectivity index (χ3n) is 2.83. The van der Waals surface area contributed by atoms with Crippen LogP contribution in [0.4, 0.5) is 5.82 Å². The molecule has 92 valence electrons. The summed E-state index contributed by atoms with van der Waals surface area (Å²) in [5.41, 5.74) is -0.216. The fourth-order valence-electron chi connectivity index (χ4n) is 1.79. The average Bonchev–Trinajstić information content (AvgIpc) is 2.75. The van der Waals surface area contributed by atoms with Crippen LogP contribution in [0.15, 0.2) is 12.1 Å². The Morgan fingerprint density at radius 2 is 2.41 bits per heavy atom. The first-order valence-electron chi connectivity index (χ1n) is 5.54. The van der Waals surface area contributed by atoms with Gasteiger partial charge in [-0.1, -0.05) is 0 Å². The van der Waals surface area contributed by atoms with Gasteiger partial charge in [-0.2, -0.15) is 0 Å². The number of carboxylic acid groups (broad SMARTS) is 1. The van der Waals surface area contributed by atoms with Gasteiger partial charge in [0, 0.05) is 13.2 Å². The number of carboxylic acids is 1. The van der Waals surface area contributed by atoms with E-state index in [-0.39, 0.29) is 11.3 Å². The van der Waals surface area contributed by atoms with Gasteiger partial charge in [0.25, 0.3) is 0 Å². The molecule has 1 aliphatic rings. The van der Waals surface area contributed by atoms with Crippen molar-refractivity contribution < 1.29 is 14.6 Å². The van der Waals surface area contributed by atoms with E-state index in [1.165, 1.54) is 6.07 Å². The third-order valence-corrected chi connectivity index (χ3v) is 2.83. The summed E-state index contributed by atoms with van der Waals surface area (Å²) in [6.07, 6.45) is 2.09. The van der Waals surface area contributed by atoms with Crippen molar-refractivity contribution in [2.45, 2.75) is 25.4 Å². The zero-order valence-electron chi connectivity index (χ0n) is 9.64. The number of ether oxygens (including phenoxy) is 1. The van der Waals surface area contributed by atoms with E-state index in [2.05, 4.69) is 15.5 Å². The molecule has 0 aliphatic carbocycles. The lowest BCUT2D eigenvalue weighted by Crippen LogP contribution is -2.32. The van der Waals surface area contributed by atoms with Gasteiger partial charge in [0.2, 0.25) is 0 Å². The summed E-state index contributed by atoms with van der Waals surface area (Å²) in [4.78, 5) is 10.6. The highest BCUT2D eigenvalue weighted by molar-refractivity contribution is 5.85. The monoisotopic (exact) mass is 237 g/mol. The molecule has 0 spiro atoms. The second-order valence-electron chi connectivity index (χ2n) is 4.36. The van der Waals surface area contributed by atoms with E-state index >= 15 is 0 Å². The Morgan fingerprint density at radius 1 is 1.59 bits per heavy atom. The van der Waals surface area contributed by atoms with Crippen LogP contribution in [0.25, 0.3) is 0 Å². The van der Waals surface area contributed by atoms with Crippen molar-refractivity contribution in [2.75, 3.05) is 18.5 Å². The molecule has 1 atom stereocenters. The molecule has 2 rings (SSSR count). The highest BCUT2D eigenvalue weighted by atomic mass is 16.5. The van der Waals surface area contributed by atoms with Crippen molar-refractivity contribution in [1.29, 1.82) is 0 Å². The highest BCUT2D eigenvalue weighted by Crippen LogP contribution is 2.24. The lowest BCUT2D eigenvalue weighted by atomic mass is 10.0. The van der Waals surface area contributed by atoms with E-state index in [4.69, 9.17) is 9.84 Å². The number of aromatic nitrogens is 2. The van der Waals surface area contributed by atoms with Crippen LogP contribution in [0.5, 0.6) is 0 Å². The maximum Gasteiger partial charge on any atom is 0.356 e. The molecule has 1 saturated heterocycles. The van der Waals surface area contributed by atoms with Crippen LogP contribution in [0.1, 0.15) is 30.3 Å². The average molecular weight is 237 g/mol. The molecule has 6 heteroatoms. The molecule has 0 bridgehead atoms. The molecule has 0 saturated carbocycles. The molecule has 17 heavy (non-hydrogen) atoms. The highest BCUT2D eigenvalue weighted by Gasteiger charge is 2.29. The van der Waals surface area contributed by atoms with Crippen LogP contribution in [-0.2, 0) is 4.74 Å². The number of hydrogen-bond acceptors (Lipinski definition) is 5. The largest absolute Gasteiger partial charge is 0.476 e. The molecule has 1 aliphatic heterocycles. The predicted octanol–water partition coefficient (Wildman–Crippen LogP) is 1.16. The second kappa shape index (κ2) is 4.67. The summed E-state index contributed by atoms with van der Waals surface area (Å²) in [5, 5.41) is 19.2. The van der Waals surface area contributed by atoms with Gasteiger partial charge in [0.1, 0.15) is 5.82 Å². The van der Waals surface area contributed by atoms with Crippen LogP contribution in [-0.4, -0.2) is 40.0 Å². The lowest BCUT2D eigenvalue weighted by Gasteiger charge is -2.23. The molecular formula is C11H15N3O3. The minimum atomic E-state index is -1.07. The predicted molar refractivity (Wildman–Crippen MR) is 61.1 cm³/mol. The van der Waals surface area contributed by atoms with Crippen molar-refractivity contribution in [1.82, 2.24) is 10.2 Å². The summed E-state index contributed by atoms with van der Waals surface area (Å²) in [7, 11) is 0. The molecule has 1 fully saturated rings. The van der Waals surface area contributed by atoms with Gasteiger partial charge in [-0.25, -0.2) is 4.79 Å². The zero-order chi connectivity index (χ0) is 12.3. The van der Waals surface area contributed by atoms with E-state index in [1.54, 1.807) is 6.07 Å². The van der Waals surface area contributed by atoms with E-state index < -0.39 is 5.97 Å². The molecule has 1 aromatic rings. The number of carbonyl (C=O) groups is 1. The van der Waals surface area contributed by atoms with Crippen LogP contribution in [0, 0.1) is 0 Å². The number of nitrogens with one attached hydrogen (secondary N) is 1. The Morgan fingerprint density at radius 3 is 2.94 bits per heavy atom. The molecule has 2 heterocycles. The van der Waals surface area contributed by atoms with E-state index in [0.29, 0.717) is 12.4 Å². The molecule has 6 nitrogen and oxygen atoms in total. The Bertz CT molecular complexity index is 399. The van der Waals surface area contributed by atoms with Crippen molar-refractivity contribution >= 4 is 11.8 Å². The van der Waals surface area contributed by atoms with Gasteiger partial charge < -0.3 is 15.2 Å². The van der Waals surface area contributed by atoms with Gasteiger partial charge >= 0.3 is 5.97 Å². The number of hydrogen-bond donors (Lipinski definition) is 2. The van der Waals surface area contributed by atoms with E-state index in [0.717, 1.165) is 19.4 Å². The number of nitrogens with zero attached hydrogens (tertiary/aromatic N) is 2. The molecular weight excluding hydrogens is 222 g/mol. The summed E-state index contributed by atoms with van der Waals surface area (Å²) >= 11 is 0. The quantitative estimate of drug-likeness (QED) is 0.817. The number of aromatic carboxylic acids is 1. The van der Waals surface area contributed by atoms with Crippen LogP contribution < -0.4 is 5.32 Å². The van der Waals surface area contributed by atoms with Gasteiger partial charge in [-0.05, 0) is 31.9 Å². The zero-order valence-corrected chi connectivity index (χ0v) is 9.64.